The maximum Gasteiger partial charge on any atom is 0.390 e. The number of nitrogen functional groups attached to an aromatic ring is 1. The summed E-state index contributed by atoms with van der Waals surface area (Å²) in [5.41, 5.74) is 6.96. The second kappa shape index (κ2) is 6.96. The van der Waals surface area contributed by atoms with E-state index in [-0.39, 0.29) is 24.2 Å². The number of pyridine rings is 1. The standard InChI is InChI=1S/C17H15BrF4N6/c18-14-3-10-11(15-12(19)4-25-16(23)26-15)8-28(13(10)5-24-14)9-6-27(7-9)2-1-17(20,21)22/h3-5,8-9H,1-2,6-7H2,(H2,23,25,26). The average molecular weight is 459 g/mol. The quantitative estimate of drug-likeness (QED) is 0.475. The maximum absolute atomic E-state index is 14.3. The number of alkyl halides is 3. The number of hydrogen-bond donors (Lipinski definition) is 1. The van der Waals surface area contributed by atoms with Crippen LogP contribution in [0.25, 0.3) is 22.2 Å². The first-order valence-corrected chi connectivity index (χ1v) is 9.24. The van der Waals surface area contributed by atoms with E-state index < -0.39 is 18.4 Å². The number of nitrogens with zero attached hydrogens (tertiary/aromatic N) is 5. The number of likely N-dealkylation sites (tertiary alicyclic amines) is 1. The molecule has 148 valence electrons. The molecule has 0 radical (unpaired) electrons. The van der Waals surface area contributed by atoms with Gasteiger partial charge in [0.25, 0.3) is 0 Å². The van der Waals surface area contributed by atoms with Gasteiger partial charge in [-0.05, 0) is 22.0 Å². The first-order chi connectivity index (χ1) is 13.2. The summed E-state index contributed by atoms with van der Waals surface area (Å²) < 4.78 is 54.0. The van der Waals surface area contributed by atoms with Gasteiger partial charge in [0.05, 0.1) is 30.4 Å². The molecule has 4 rings (SSSR count). The lowest BCUT2D eigenvalue weighted by molar-refractivity contribution is -0.140. The van der Waals surface area contributed by atoms with Gasteiger partial charge in [0.2, 0.25) is 5.95 Å². The van der Waals surface area contributed by atoms with Gasteiger partial charge in [-0.3, -0.25) is 4.90 Å². The van der Waals surface area contributed by atoms with Crippen molar-refractivity contribution in [3.63, 3.8) is 0 Å². The van der Waals surface area contributed by atoms with E-state index in [9.17, 15) is 17.6 Å². The highest BCUT2D eigenvalue weighted by atomic mass is 79.9. The highest BCUT2D eigenvalue weighted by Crippen LogP contribution is 2.36. The first-order valence-electron chi connectivity index (χ1n) is 8.45. The van der Waals surface area contributed by atoms with Crippen LogP contribution in [0.4, 0.5) is 23.5 Å². The number of fused-ring (bicyclic) bond motifs is 1. The molecule has 0 amide bonds. The molecule has 1 aliphatic rings. The first kappa shape index (κ1) is 19.1. The van der Waals surface area contributed by atoms with Gasteiger partial charge in [-0.1, -0.05) is 0 Å². The van der Waals surface area contributed by atoms with Gasteiger partial charge in [-0.25, -0.2) is 19.3 Å². The van der Waals surface area contributed by atoms with Crippen LogP contribution in [0.2, 0.25) is 0 Å². The molecule has 0 atom stereocenters. The van der Waals surface area contributed by atoms with Crippen LogP contribution in [-0.2, 0) is 0 Å². The van der Waals surface area contributed by atoms with Crippen LogP contribution >= 0.6 is 15.9 Å². The lowest BCUT2D eigenvalue weighted by Gasteiger charge is -2.40. The molecular formula is C17H15BrF4N6. The minimum atomic E-state index is -4.17. The van der Waals surface area contributed by atoms with E-state index in [1.165, 1.54) is 0 Å². The third-order valence-corrected chi connectivity index (χ3v) is 5.18. The molecule has 3 aromatic rings. The lowest BCUT2D eigenvalue weighted by Crippen LogP contribution is -2.48. The molecule has 0 aromatic carbocycles. The molecule has 1 fully saturated rings. The minimum absolute atomic E-state index is 0.0327. The van der Waals surface area contributed by atoms with E-state index in [4.69, 9.17) is 5.73 Å². The molecule has 2 N–H and O–H groups in total. The smallest absolute Gasteiger partial charge is 0.368 e. The van der Waals surface area contributed by atoms with Crippen molar-refractivity contribution in [1.82, 2.24) is 24.4 Å². The fraction of sp³-hybridized carbons (Fsp3) is 0.353. The Morgan fingerprint density at radius 3 is 2.68 bits per heavy atom. The molecule has 11 heteroatoms. The number of halogens is 5. The van der Waals surface area contributed by atoms with Crippen molar-refractivity contribution in [3.8, 4) is 11.3 Å². The number of aromatic nitrogens is 4. The van der Waals surface area contributed by atoms with Gasteiger partial charge in [0.1, 0.15) is 10.3 Å². The van der Waals surface area contributed by atoms with E-state index in [0.29, 0.717) is 28.6 Å². The third-order valence-electron chi connectivity index (χ3n) is 4.75. The van der Waals surface area contributed by atoms with Gasteiger partial charge in [0, 0.05) is 36.8 Å². The molecule has 0 aliphatic carbocycles. The fourth-order valence-corrected chi connectivity index (χ4v) is 3.70. The lowest BCUT2D eigenvalue weighted by atomic mass is 10.1. The Hall–Kier alpha value is -2.27. The van der Waals surface area contributed by atoms with Crippen molar-refractivity contribution < 1.29 is 17.6 Å². The summed E-state index contributed by atoms with van der Waals surface area (Å²) in [5, 5.41) is 0.715. The molecule has 0 unspecified atom stereocenters. The average Bonchev–Trinajstić information content (AvgIpc) is 2.93. The van der Waals surface area contributed by atoms with Crippen LogP contribution in [0.3, 0.4) is 0 Å². The molecule has 6 nitrogen and oxygen atoms in total. The Bertz CT molecular complexity index is 1030. The SMILES string of the molecule is Nc1ncc(F)c(-c2cn(C3CN(CCC(F)(F)F)C3)c3cnc(Br)cc23)n1. The van der Waals surface area contributed by atoms with Crippen LogP contribution in [0.1, 0.15) is 12.5 Å². The van der Waals surface area contributed by atoms with Gasteiger partial charge in [-0.15, -0.1) is 0 Å². The number of rotatable bonds is 4. The molecule has 1 saturated heterocycles. The highest BCUT2D eigenvalue weighted by Gasteiger charge is 2.34. The zero-order chi connectivity index (χ0) is 20.1. The van der Waals surface area contributed by atoms with Crippen LogP contribution < -0.4 is 5.73 Å². The summed E-state index contributed by atoms with van der Waals surface area (Å²) in [4.78, 5) is 13.6. The van der Waals surface area contributed by atoms with Crippen molar-refractivity contribution >= 4 is 32.8 Å². The second-order valence-corrected chi connectivity index (χ2v) is 7.49. The van der Waals surface area contributed by atoms with E-state index in [1.54, 1.807) is 23.4 Å². The van der Waals surface area contributed by atoms with Gasteiger partial charge in [-0.2, -0.15) is 13.2 Å². The zero-order valence-corrected chi connectivity index (χ0v) is 16.0. The van der Waals surface area contributed by atoms with Gasteiger partial charge in [0.15, 0.2) is 5.82 Å². The van der Waals surface area contributed by atoms with Crippen molar-refractivity contribution in [3.05, 3.63) is 35.1 Å². The Morgan fingerprint density at radius 1 is 1.21 bits per heavy atom. The second-order valence-electron chi connectivity index (χ2n) is 6.68. The Morgan fingerprint density at radius 2 is 1.96 bits per heavy atom. The molecule has 28 heavy (non-hydrogen) atoms. The van der Waals surface area contributed by atoms with Crippen LogP contribution in [0.5, 0.6) is 0 Å². The predicted molar refractivity (Wildman–Crippen MR) is 99.0 cm³/mol. The van der Waals surface area contributed by atoms with Crippen molar-refractivity contribution in [2.24, 2.45) is 0 Å². The minimum Gasteiger partial charge on any atom is -0.368 e. The molecular weight excluding hydrogens is 444 g/mol. The van der Waals surface area contributed by atoms with Crippen molar-refractivity contribution in [1.29, 1.82) is 0 Å². The van der Waals surface area contributed by atoms with E-state index in [0.717, 1.165) is 11.7 Å². The topological polar surface area (TPSA) is 72.9 Å². The Kier molecular flexibility index (Phi) is 4.74. The summed E-state index contributed by atoms with van der Waals surface area (Å²) in [5.74, 6) is -0.658. The van der Waals surface area contributed by atoms with Crippen molar-refractivity contribution in [2.45, 2.75) is 18.6 Å². The summed E-state index contributed by atoms with van der Waals surface area (Å²) in [7, 11) is 0. The summed E-state index contributed by atoms with van der Waals surface area (Å²) in [6, 6.07) is 1.72. The molecule has 3 aromatic heterocycles. The normalized spacial score (nSPS) is 15.9. The monoisotopic (exact) mass is 458 g/mol. The van der Waals surface area contributed by atoms with Gasteiger partial charge >= 0.3 is 6.18 Å². The fourth-order valence-electron chi connectivity index (χ4n) is 3.37. The molecule has 0 bridgehead atoms. The van der Waals surface area contributed by atoms with Crippen LogP contribution in [-0.4, -0.2) is 50.2 Å². The highest BCUT2D eigenvalue weighted by molar-refractivity contribution is 9.10. The van der Waals surface area contributed by atoms with Crippen molar-refractivity contribution in [2.75, 3.05) is 25.4 Å². The van der Waals surface area contributed by atoms with E-state index in [2.05, 4.69) is 30.9 Å². The summed E-state index contributed by atoms with van der Waals surface area (Å²) >= 11 is 3.31. The van der Waals surface area contributed by atoms with Gasteiger partial charge < -0.3 is 10.3 Å². The van der Waals surface area contributed by atoms with E-state index >= 15 is 0 Å². The number of nitrogens with two attached hydrogens (primary N) is 1. The Labute approximate surface area is 165 Å². The predicted octanol–water partition coefficient (Wildman–Crippen LogP) is 3.79. The molecule has 0 saturated carbocycles. The molecule has 4 heterocycles. The molecule has 1 aliphatic heterocycles. The maximum atomic E-state index is 14.3. The molecule has 0 spiro atoms. The van der Waals surface area contributed by atoms with E-state index in [1.807, 2.05) is 4.57 Å². The number of hydrogen-bond acceptors (Lipinski definition) is 5. The zero-order valence-electron chi connectivity index (χ0n) is 14.4. The summed E-state index contributed by atoms with van der Waals surface area (Å²) in [6.45, 7) is 0.917. The van der Waals surface area contributed by atoms with Crippen LogP contribution in [0.15, 0.2) is 29.3 Å². The summed E-state index contributed by atoms with van der Waals surface area (Å²) in [6.07, 6.45) is -0.602. The Balaban J connectivity index is 1.67. The number of anilines is 1. The largest absolute Gasteiger partial charge is 0.390 e. The third kappa shape index (κ3) is 3.68. The van der Waals surface area contributed by atoms with Crippen LogP contribution in [0, 0.1) is 5.82 Å².